The minimum absolute atomic E-state index is 0.0110. The SMILES string of the molecule is CC[C@H](C(=O)NC1CCCCC1)N(Cc1ccccc1)C(=O)CN(c1ccc(F)cc1)S(=O)(=O)c1ccc(C)cc1. The monoisotopic (exact) mass is 579 g/mol. The molecular formula is C32H38FN3O4S. The Morgan fingerprint density at radius 3 is 2.17 bits per heavy atom. The van der Waals surface area contributed by atoms with Crippen LogP contribution >= 0.6 is 0 Å². The molecule has 1 aliphatic rings. The van der Waals surface area contributed by atoms with Crippen LogP contribution in [0, 0.1) is 12.7 Å². The first-order chi connectivity index (χ1) is 19.7. The van der Waals surface area contributed by atoms with E-state index >= 15 is 0 Å². The number of nitrogens with zero attached hydrogens (tertiary/aromatic N) is 2. The molecule has 0 heterocycles. The number of anilines is 1. The summed E-state index contributed by atoms with van der Waals surface area (Å²) in [4.78, 5) is 29.1. The van der Waals surface area contributed by atoms with Crippen molar-refractivity contribution in [3.63, 3.8) is 0 Å². The average Bonchev–Trinajstić information content (AvgIpc) is 2.97. The van der Waals surface area contributed by atoms with Gasteiger partial charge in [0.25, 0.3) is 10.0 Å². The molecule has 3 aromatic carbocycles. The van der Waals surface area contributed by atoms with Crippen LogP contribution < -0.4 is 9.62 Å². The molecule has 7 nitrogen and oxygen atoms in total. The zero-order chi connectivity index (χ0) is 29.4. The van der Waals surface area contributed by atoms with E-state index in [0.29, 0.717) is 6.42 Å². The molecule has 1 saturated carbocycles. The molecular weight excluding hydrogens is 541 g/mol. The van der Waals surface area contributed by atoms with Crippen LogP contribution in [0.4, 0.5) is 10.1 Å². The maximum absolute atomic E-state index is 14.1. The first kappa shape index (κ1) is 30.2. The van der Waals surface area contributed by atoms with Gasteiger partial charge in [-0.3, -0.25) is 13.9 Å². The highest BCUT2D eigenvalue weighted by Crippen LogP contribution is 2.26. The van der Waals surface area contributed by atoms with Crippen LogP contribution in [0.25, 0.3) is 0 Å². The topological polar surface area (TPSA) is 86.8 Å². The molecule has 0 radical (unpaired) electrons. The molecule has 41 heavy (non-hydrogen) atoms. The van der Waals surface area contributed by atoms with Crippen molar-refractivity contribution in [1.82, 2.24) is 10.2 Å². The molecule has 3 aromatic rings. The van der Waals surface area contributed by atoms with Crippen molar-refractivity contribution in [2.75, 3.05) is 10.8 Å². The van der Waals surface area contributed by atoms with Crippen LogP contribution in [-0.4, -0.2) is 43.8 Å². The van der Waals surface area contributed by atoms with Gasteiger partial charge in [0.05, 0.1) is 10.6 Å². The predicted molar refractivity (Wildman–Crippen MR) is 158 cm³/mol. The molecule has 0 unspecified atom stereocenters. The summed E-state index contributed by atoms with van der Waals surface area (Å²) in [5.74, 6) is -1.29. The van der Waals surface area contributed by atoms with E-state index in [4.69, 9.17) is 0 Å². The molecule has 1 N–H and O–H groups in total. The molecule has 2 amide bonds. The minimum Gasteiger partial charge on any atom is -0.352 e. The van der Waals surface area contributed by atoms with Crippen molar-refractivity contribution >= 4 is 27.5 Å². The Bertz CT molecular complexity index is 1410. The summed E-state index contributed by atoms with van der Waals surface area (Å²) < 4.78 is 42.5. The number of halogens is 1. The molecule has 0 aromatic heterocycles. The molecule has 1 atom stereocenters. The second-order valence-electron chi connectivity index (χ2n) is 10.6. The van der Waals surface area contributed by atoms with Crippen LogP contribution in [0.2, 0.25) is 0 Å². The third kappa shape index (κ3) is 7.73. The van der Waals surface area contributed by atoms with E-state index in [0.717, 1.165) is 59.7 Å². The average molecular weight is 580 g/mol. The van der Waals surface area contributed by atoms with E-state index in [2.05, 4.69) is 5.32 Å². The number of sulfonamides is 1. The second kappa shape index (κ2) is 13.8. The summed E-state index contributed by atoms with van der Waals surface area (Å²) in [6, 6.07) is 19.9. The predicted octanol–water partition coefficient (Wildman–Crippen LogP) is 5.59. The molecule has 1 fully saturated rings. The lowest BCUT2D eigenvalue weighted by Gasteiger charge is -2.34. The number of nitrogens with one attached hydrogen (secondary N) is 1. The van der Waals surface area contributed by atoms with Gasteiger partial charge in [-0.1, -0.05) is 74.2 Å². The molecule has 4 rings (SSSR count). The molecule has 0 spiro atoms. The first-order valence-corrected chi connectivity index (χ1v) is 15.6. The fraction of sp³-hybridized carbons (Fsp3) is 0.375. The van der Waals surface area contributed by atoms with Gasteiger partial charge in [0.15, 0.2) is 0 Å². The van der Waals surface area contributed by atoms with Gasteiger partial charge in [0, 0.05) is 12.6 Å². The largest absolute Gasteiger partial charge is 0.352 e. The highest BCUT2D eigenvalue weighted by molar-refractivity contribution is 7.92. The summed E-state index contributed by atoms with van der Waals surface area (Å²) in [6.07, 6.45) is 5.43. The summed E-state index contributed by atoms with van der Waals surface area (Å²) in [5, 5.41) is 3.14. The van der Waals surface area contributed by atoms with Crippen molar-refractivity contribution in [1.29, 1.82) is 0 Å². The van der Waals surface area contributed by atoms with Crippen LogP contribution in [-0.2, 0) is 26.2 Å². The Labute approximate surface area is 242 Å². The minimum atomic E-state index is -4.20. The number of amides is 2. The Morgan fingerprint density at radius 1 is 0.927 bits per heavy atom. The molecule has 1 aliphatic carbocycles. The van der Waals surface area contributed by atoms with E-state index < -0.39 is 34.3 Å². The van der Waals surface area contributed by atoms with Crippen LogP contribution in [0.3, 0.4) is 0 Å². The zero-order valence-corrected chi connectivity index (χ0v) is 24.4. The van der Waals surface area contributed by atoms with Gasteiger partial charge in [0.2, 0.25) is 11.8 Å². The van der Waals surface area contributed by atoms with Crippen LogP contribution in [0.5, 0.6) is 0 Å². The summed E-state index contributed by atoms with van der Waals surface area (Å²) in [7, 11) is -4.20. The van der Waals surface area contributed by atoms with E-state index in [9.17, 15) is 22.4 Å². The van der Waals surface area contributed by atoms with Gasteiger partial charge in [-0.2, -0.15) is 0 Å². The van der Waals surface area contributed by atoms with E-state index in [1.54, 1.807) is 12.1 Å². The Morgan fingerprint density at radius 2 is 1.56 bits per heavy atom. The number of hydrogen-bond donors (Lipinski definition) is 1. The normalized spacial score (nSPS) is 14.7. The molecule has 0 aliphatic heterocycles. The lowest BCUT2D eigenvalue weighted by atomic mass is 9.95. The van der Waals surface area contributed by atoms with E-state index in [-0.39, 0.29) is 29.1 Å². The van der Waals surface area contributed by atoms with Crippen molar-refractivity contribution < 1.29 is 22.4 Å². The highest BCUT2D eigenvalue weighted by Gasteiger charge is 2.34. The molecule has 9 heteroatoms. The van der Waals surface area contributed by atoms with Gasteiger partial charge in [-0.25, -0.2) is 12.8 Å². The lowest BCUT2D eigenvalue weighted by Crippen LogP contribution is -2.54. The zero-order valence-electron chi connectivity index (χ0n) is 23.6. The Hall–Kier alpha value is -3.72. The van der Waals surface area contributed by atoms with Crippen molar-refractivity contribution in [3.8, 4) is 0 Å². The van der Waals surface area contributed by atoms with E-state index in [1.807, 2.05) is 44.2 Å². The molecule has 0 saturated heterocycles. The van der Waals surface area contributed by atoms with Gasteiger partial charge in [-0.15, -0.1) is 0 Å². The number of carbonyl (C=O) groups excluding carboxylic acids is 2. The van der Waals surface area contributed by atoms with Crippen LogP contribution in [0.15, 0.2) is 83.8 Å². The maximum Gasteiger partial charge on any atom is 0.264 e. The first-order valence-electron chi connectivity index (χ1n) is 14.2. The third-order valence-corrected chi connectivity index (χ3v) is 9.32. The van der Waals surface area contributed by atoms with Crippen molar-refractivity contribution in [3.05, 3.63) is 95.8 Å². The fourth-order valence-corrected chi connectivity index (χ4v) is 6.63. The lowest BCUT2D eigenvalue weighted by molar-refractivity contribution is -0.140. The van der Waals surface area contributed by atoms with Crippen LogP contribution in [0.1, 0.15) is 56.6 Å². The number of benzene rings is 3. The van der Waals surface area contributed by atoms with Gasteiger partial charge < -0.3 is 10.2 Å². The quantitative estimate of drug-likeness (QED) is 0.321. The van der Waals surface area contributed by atoms with Crippen molar-refractivity contribution in [2.45, 2.75) is 75.9 Å². The fourth-order valence-electron chi connectivity index (χ4n) is 5.22. The Balaban J connectivity index is 1.68. The molecule has 0 bridgehead atoms. The number of hydrogen-bond acceptors (Lipinski definition) is 4. The van der Waals surface area contributed by atoms with Gasteiger partial charge >= 0.3 is 0 Å². The van der Waals surface area contributed by atoms with Crippen molar-refractivity contribution in [2.24, 2.45) is 0 Å². The third-order valence-electron chi connectivity index (χ3n) is 7.54. The van der Waals surface area contributed by atoms with E-state index in [1.165, 1.54) is 29.2 Å². The number of aryl methyl sites for hydroxylation is 1. The standard InChI is InChI=1S/C32H38FN3O4S/c1-3-30(32(38)34-27-12-8-5-9-13-27)35(22-25-10-6-4-7-11-25)31(37)23-36(28-18-16-26(33)17-19-28)41(39,40)29-20-14-24(2)15-21-29/h4,6-7,10-11,14-21,27,30H,3,5,8-9,12-13,22-23H2,1-2H3,(H,34,38)/t30-/m1/s1. The summed E-state index contributed by atoms with van der Waals surface area (Å²) in [5.41, 5.74) is 1.86. The summed E-state index contributed by atoms with van der Waals surface area (Å²) in [6.45, 7) is 3.28. The molecule has 218 valence electrons. The maximum atomic E-state index is 14.1. The Kier molecular flexibility index (Phi) is 10.2. The second-order valence-corrected chi connectivity index (χ2v) is 12.4. The van der Waals surface area contributed by atoms with Gasteiger partial charge in [0.1, 0.15) is 18.4 Å². The number of carbonyl (C=O) groups is 2. The summed E-state index contributed by atoms with van der Waals surface area (Å²) >= 11 is 0. The number of rotatable bonds is 11. The smallest absolute Gasteiger partial charge is 0.264 e. The van der Waals surface area contributed by atoms with Gasteiger partial charge in [-0.05, 0) is 68.1 Å². The highest BCUT2D eigenvalue weighted by atomic mass is 32.2.